The molecule has 2 atom stereocenters. The van der Waals surface area contributed by atoms with E-state index >= 15 is 0 Å². The van der Waals surface area contributed by atoms with Crippen LogP contribution in [0, 0.1) is 21.4 Å². The van der Waals surface area contributed by atoms with E-state index < -0.39 is 32.0 Å². The summed E-state index contributed by atoms with van der Waals surface area (Å²) in [5.41, 5.74) is 0.0693. The average Bonchev–Trinajstić information content (AvgIpc) is 2.65. The van der Waals surface area contributed by atoms with Gasteiger partial charge in [0.15, 0.2) is 8.32 Å². The lowest BCUT2D eigenvalue weighted by Gasteiger charge is -2.28. The van der Waals surface area contributed by atoms with Gasteiger partial charge in [0, 0.05) is 27.5 Å². The van der Waals surface area contributed by atoms with Crippen LogP contribution in [-0.2, 0) is 4.43 Å². The highest BCUT2D eigenvalue weighted by Gasteiger charge is 2.29. The van der Waals surface area contributed by atoms with Gasteiger partial charge in [-0.3, -0.25) is 10.1 Å². The van der Waals surface area contributed by atoms with Crippen LogP contribution < -0.4 is 10.1 Å². The van der Waals surface area contributed by atoms with Gasteiger partial charge in [0.05, 0.1) is 17.0 Å². The van der Waals surface area contributed by atoms with Crippen molar-refractivity contribution in [2.45, 2.75) is 44.8 Å². The summed E-state index contributed by atoms with van der Waals surface area (Å²) in [5, 5.41) is 24.4. The zero-order valence-corrected chi connectivity index (χ0v) is 20.8. The molecule has 0 fully saturated rings. The molecule has 0 aliphatic heterocycles. The summed E-state index contributed by atoms with van der Waals surface area (Å²) in [6.07, 6.45) is -0.893. The minimum atomic E-state index is -3.09. The normalized spacial score (nSPS) is 13.3. The fourth-order valence-corrected chi connectivity index (χ4v) is 4.84. The molecular weight excluding hydrogens is 528 g/mol. The van der Waals surface area contributed by atoms with Crippen molar-refractivity contribution in [1.29, 1.82) is 5.26 Å². The molecule has 2 aromatic rings. The molecule has 0 aromatic heterocycles. The molecular formula is C20H21BrClF2N3O4Si. The molecule has 0 aliphatic rings. The molecule has 0 bridgehead atoms. The smallest absolute Gasteiger partial charge is 0.387 e. The number of rotatable bonds is 10. The maximum Gasteiger partial charge on any atom is 0.387 e. The van der Waals surface area contributed by atoms with Gasteiger partial charge in [0.25, 0.3) is 5.69 Å². The largest absolute Gasteiger partial charge is 0.434 e. The van der Waals surface area contributed by atoms with E-state index in [2.05, 4.69) is 32.1 Å². The highest BCUT2D eigenvalue weighted by molar-refractivity contribution is 9.10. The van der Waals surface area contributed by atoms with Gasteiger partial charge in [-0.25, -0.2) is 0 Å². The molecule has 32 heavy (non-hydrogen) atoms. The highest BCUT2D eigenvalue weighted by atomic mass is 79.9. The van der Waals surface area contributed by atoms with Crippen molar-refractivity contribution < 1.29 is 22.9 Å². The van der Waals surface area contributed by atoms with E-state index in [-0.39, 0.29) is 34.1 Å². The predicted molar refractivity (Wildman–Crippen MR) is 124 cm³/mol. The molecule has 0 heterocycles. The average molecular weight is 549 g/mol. The molecule has 0 saturated carbocycles. The fourth-order valence-electron chi connectivity index (χ4n) is 3.04. The summed E-state index contributed by atoms with van der Waals surface area (Å²) in [6.45, 7) is 2.64. The summed E-state index contributed by atoms with van der Waals surface area (Å²) in [5.74, 6) is -0.138. The third-order valence-electron chi connectivity index (χ3n) is 4.15. The Bertz CT molecular complexity index is 1020. The zero-order valence-electron chi connectivity index (χ0n) is 17.4. The number of halogens is 4. The van der Waals surface area contributed by atoms with Gasteiger partial charge in [0.2, 0.25) is 0 Å². The van der Waals surface area contributed by atoms with Crippen LogP contribution in [0.4, 0.5) is 20.2 Å². The lowest BCUT2D eigenvalue weighted by atomic mass is 9.99. The first-order valence-electron chi connectivity index (χ1n) is 9.42. The molecule has 2 unspecified atom stereocenters. The Hall–Kier alpha value is -2.26. The molecule has 2 rings (SSSR count). The van der Waals surface area contributed by atoms with Crippen molar-refractivity contribution in [3.63, 3.8) is 0 Å². The summed E-state index contributed by atoms with van der Waals surface area (Å²) in [7, 11) is -2.13. The lowest BCUT2D eigenvalue weighted by Crippen LogP contribution is -2.33. The van der Waals surface area contributed by atoms with Gasteiger partial charge < -0.3 is 14.5 Å². The maximum absolute atomic E-state index is 13.1. The Morgan fingerprint density at radius 1 is 1.31 bits per heavy atom. The van der Waals surface area contributed by atoms with Crippen LogP contribution in [0.2, 0.25) is 24.7 Å². The second-order valence-corrected chi connectivity index (χ2v) is 13.5. The lowest BCUT2D eigenvalue weighted by molar-refractivity contribution is -0.384. The zero-order chi connectivity index (χ0) is 24.1. The van der Waals surface area contributed by atoms with Crippen molar-refractivity contribution in [2.75, 3.05) is 5.32 Å². The molecule has 172 valence electrons. The predicted octanol–water partition coefficient (Wildman–Crippen LogP) is 6.90. The first-order valence-corrected chi connectivity index (χ1v) is 14.0. The van der Waals surface area contributed by atoms with E-state index in [9.17, 15) is 24.2 Å². The Morgan fingerprint density at radius 3 is 2.56 bits per heavy atom. The monoisotopic (exact) mass is 547 g/mol. The van der Waals surface area contributed by atoms with Crippen LogP contribution in [0.1, 0.15) is 18.0 Å². The number of hydrogen-bond donors (Lipinski definition) is 1. The first-order chi connectivity index (χ1) is 14.9. The van der Waals surface area contributed by atoms with Crippen molar-refractivity contribution in [3.05, 3.63) is 61.6 Å². The number of hydrogen-bond acceptors (Lipinski definition) is 6. The third-order valence-corrected chi connectivity index (χ3v) is 6.07. The summed E-state index contributed by atoms with van der Waals surface area (Å²) in [6, 6.07) is 9.68. The first kappa shape index (κ1) is 26.0. The van der Waals surface area contributed by atoms with Crippen molar-refractivity contribution in [3.8, 4) is 11.8 Å². The number of benzene rings is 2. The van der Waals surface area contributed by atoms with Gasteiger partial charge >= 0.3 is 6.61 Å². The van der Waals surface area contributed by atoms with Crippen LogP contribution in [0.15, 0.2) is 40.9 Å². The van der Waals surface area contributed by atoms with E-state index in [0.717, 1.165) is 0 Å². The molecule has 7 nitrogen and oxygen atoms in total. The number of nitriles is 1. The Balaban J connectivity index is 2.59. The minimum absolute atomic E-state index is 0.00660. The summed E-state index contributed by atoms with van der Waals surface area (Å²) < 4.78 is 37.1. The van der Waals surface area contributed by atoms with Crippen LogP contribution in [0.3, 0.4) is 0 Å². The van der Waals surface area contributed by atoms with Gasteiger partial charge in [-0.15, -0.1) is 0 Å². The summed E-state index contributed by atoms with van der Waals surface area (Å²) >= 11 is 9.38. The van der Waals surface area contributed by atoms with E-state index in [1.807, 2.05) is 19.6 Å². The van der Waals surface area contributed by atoms with Crippen LogP contribution >= 0.6 is 27.5 Å². The number of ether oxygens (including phenoxy) is 1. The van der Waals surface area contributed by atoms with Crippen LogP contribution in [0.5, 0.6) is 5.75 Å². The highest BCUT2D eigenvalue weighted by Crippen LogP contribution is 2.40. The Kier molecular flexibility index (Phi) is 8.97. The minimum Gasteiger partial charge on any atom is -0.434 e. The third kappa shape index (κ3) is 7.41. The van der Waals surface area contributed by atoms with Crippen LogP contribution in [-0.4, -0.2) is 26.0 Å². The second kappa shape index (κ2) is 11.0. The van der Waals surface area contributed by atoms with E-state index in [1.54, 1.807) is 6.07 Å². The number of nitro benzene ring substituents is 1. The van der Waals surface area contributed by atoms with Gasteiger partial charge in [-0.1, -0.05) is 33.6 Å². The molecule has 0 amide bonds. The number of nitrogens with zero attached hydrogens (tertiary/aromatic N) is 2. The van der Waals surface area contributed by atoms with Crippen molar-refractivity contribution >= 4 is 47.2 Å². The molecule has 2 aromatic carbocycles. The van der Waals surface area contributed by atoms with Crippen molar-refractivity contribution in [1.82, 2.24) is 0 Å². The summed E-state index contributed by atoms with van der Waals surface area (Å²) in [4.78, 5) is 10.9. The molecule has 1 N–H and O–H groups in total. The van der Waals surface area contributed by atoms with E-state index in [1.165, 1.54) is 30.3 Å². The van der Waals surface area contributed by atoms with Gasteiger partial charge in [-0.05, 0) is 43.9 Å². The van der Waals surface area contributed by atoms with Gasteiger partial charge in [-0.2, -0.15) is 14.0 Å². The number of anilines is 1. The van der Waals surface area contributed by atoms with Crippen molar-refractivity contribution in [2.24, 2.45) is 0 Å². The molecule has 0 spiro atoms. The quantitative estimate of drug-likeness (QED) is 0.197. The molecule has 12 heteroatoms. The van der Waals surface area contributed by atoms with E-state index in [0.29, 0.717) is 4.47 Å². The molecule has 0 aliphatic carbocycles. The Morgan fingerprint density at radius 2 is 2.00 bits per heavy atom. The number of nitro groups is 1. The number of alkyl halides is 2. The fraction of sp³-hybridized carbons (Fsp3) is 0.350. The van der Waals surface area contributed by atoms with E-state index in [4.69, 9.17) is 16.0 Å². The van der Waals surface area contributed by atoms with Crippen LogP contribution in [0.25, 0.3) is 0 Å². The SMILES string of the molecule is C[Si](C)(C)OC(C#N)CC(Nc1cc(Cl)ccc1[N+](=O)[O-])c1c(Br)cccc1OC(F)F. The second-order valence-electron chi connectivity index (χ2n) is 7.73. The Labute approximate surface area is 198 Å². The topological polar surface area (TPSA) is 97.4 Å². The molecule has 0 saturated heterocycles. The maximum atomic E-state index is 13.1. The molecule has 0 radical (unpaired) electrons. The standard InChI is InChI=1S/C20H21BrClF2N3O4Si/c1-32(2,3)31-13(11-25)10-16(19-14(21)5-4-6-18(19)30-20(23)24)26-15-9-12(22)7-8-17(15)27(28)29/h4-9,13,16,20,26H,10H2,1-3H3. The van der Waals surface area contributed by atoms with Gasteiger partial charge in [0.1, 0.15) is 17.5 Å². The number of nitrogens with one attached hydrogen (secondary N) is 1.